The van der Waals surface area contributed by atoms with Crippen molar-refractivity contribution in [2.24, 2.45) is 0 Å². The Bertz CT molecular complexity index is 3110. The minimum atomic E-state index is 0.898. The first-order chi connectivity index (χ1) is 24.8. The monoisotopic (exact) mass is 656 g/mol. The predicted molar refractivity (Wildman–Crippen MR) is 213 cm³/mol. The Kier molecular flexibility index (Phi) is 5.83. The summed E-state index contributed by atoms with van der Waals surface area (Å²) in [5.41, 5.74) is 8.72. The van der Waals surface area contributed by atoms with Gasteiger partial charge in [0, 0.05) is 58.2 Å². The molecule has 8 aromatic carbocycles. The van der Waals surface area contributed by atoms with Gasteiger partial charge in [0.1, 0.15) is 11.2 Å². The maximum Gasteiger partial charge on any atom is 0.143 e. The van der Waals surface area contributed by atoms with Gasteiger partial charge in [0.2, 0.25) is 0 Å². The van der Waals surface area contributed by atoms with Gasteiger partial charge in [0.15, 0.2) is 0 Å². The number of benzene rings is 8. The fourth-order valence-electron chi connectivity index (χ4n) is 8.09. The third kappa shape index (κ3) is 3.85. The summed E-state index contributed by atoms with van der Waals surface area (Å²) in [7, 11) is 0. The lowest BCUT2D eigenvalue weighted by atomic mass is 10.00. The summed E-state index contributed by atoms with van der Waals surface area (Å²) in [6, 6.07) is 61.3. The second-order valence-corrected chi connectivity index (χ2v) is 13.9. The summed E-state index contributed by atoms with van der Waals surface area (Å²) in [6.45, 7) is 0. The van der Waals surface area contributed by atoms with Gasteiger partial charge in [0.25, 0.3) is 0 Å². The zero-order valence-corrected chi connectivity index (χ0v) is 27.7. The number of thiophene rings is 1. The highest BCUT2D eigenvalue weighted by Crippen LogP contribution is 2.51. The van der Waals surface area contributed by atoms with Crippen LogP contribution in [0.15, 0.2) is 174 Å². The van der Waals surface area contributed by atoms with E-state index >= 15 is 0 Å². The number of anilines is 3. The standard InChI is InChI=1S/C46H28N2OS/c1-2-14-29(15-3-1)47-36-21-9-6-19-33(36)44-37(47)22-12-23-38(44)48(39-24-13-27-43-45(39)34-20-8-11-26-42(34)50-43)40-28-35-31-17-7-10-25-41(31)49-46(35)32-18-5-4-16-30(32)40/h1-28H. The Morgan fingerprint density at radius 2 is 1.04 bits per heavy atom. The van der Waals surface area contributed by atoms with E-state index in [1.807, 2.05) is 17.4 Å². The molecule has 0 atom stereocenters. The van der Waals surface area contributed by atoms with Crippen molar-refractivity contribution in [2.45, 2.75) is 0 Å². The molecular weight excluding hydrogens is 629 g/mol. The molecule has 0 spiro atoms. The lowest BCUT2D eigenvalue weighted by molar-refractivity contribution is 0.672. The Labute approximate surface area is 291 Å². The van der Waals surface area contributed by atoms with E-state index in [1.54, 1.807) is 0 Å². The van der Waals surface area contributed by atoms with Crippen LogP contribution in [-0.4, -0.2) is 4.57 Å². The molecule has 0 unspecified atom stereocenters. The van der Waals surface area contributed by atoms with E-state index in [-0.39, 0.29) is 0 Å². The first-order valence-electron chi connectivity index (χ1n) is 16.9. The van der Waals surface area contributed by atoms with Crippen LogP contribution in [0.3, 0.4) is 0 Å². The van der Waals surface area contributed by atoms with Crippen LogP contribution in [0.5, 0.6) is 0 Å². The van der Waals surface area contributed by atoms with Gasteiger partial charge >= 0.3 is 0 Å². The second kappa shape index (κ2) is 10.6. The Hall–Kier alpha value is -6.36. The number of hydrogen-bond donors (Lipinski definition) is 0. The largest absolute Gasteiger partial charge is 0.455 e. The van der Waals surface area contributed by atoms with E-state index in [4.69, 9.17) is 4.42 Å². The zero-order valence-electron chi connectivity index (χ0n) is 26.9. The van der Waals surface area contributed by atoms with Gasteiger partial charge in [0.05, 0.1) is 28.1 Å². The van der Waals surface area contributed by atoms with Crippen molar-refractivity contribution in [3.8, 4) is 5.69 Å². The summed E-state index contributed by atoms with van der Waals surface area (Å²) in [5, 5.41) is 9.43. The van der Waals surface area contributed by atoms with Crippen LogP contribution in [0.25, 0.3) is 80.4 Å². The summed E-state index contributed by atoms with van der Waals surface area (Å²) in [6.07, 6.45) is 0. The molecule has 0 bridgehead atoms. The first kappa shape index (κ1) is 27.6. The van der Waals surface area contributed by atoms with Crippen LogP contribution in [-0.2, 0) is 0 Å². The normalized spacial score (nSPS) is 12.0. The van der Waals surface area contributed by atoms with Crippen molar-refractivity contribution in [3.05, 3.63) is 170 Å². The Morgan fingerprint density at radius 3 is 1.90 bits per heavy atom. The van der Waals surface area contributed by atoms with E-state index in [0.717, 1.165) is 55.5 Å². The van der Waals surface area contributed by atoms with Crippen molar-refractivity contribution >= 4 is 103 Å². The van der Waals surface area contributed by atoms with Crippen molar-refractivity contribution in [2.75, 3.05) is 4.90 Å². The number of hydrogen-bond acceptors (Lipinski definition) is 3. The van der Waals surface area contributed by atoms with Gasteiger partial charge in [-0.25, -0.2) is 0 Å². The Morgan fingerprint density at radius 1 is 0.420 bits per heavy atom. The molecule has 0 saturated carbocycles. The summed E-state index contributed by atoms with van der Waals surface area (Å²) < 4.78 is 11.5. The molecule has 0 aliphatic rings. The minimum Gasteiger partial charge on any atom is -0.455 e. The molecule has 11 rings (SSSR count). The molecule has 234 valence electrons. The minimum absolute atomic E-state index is 0.898. The zero-order chi connectivity index (χ0) is 32.8. The molecule has 3 heterocycles. The molecule has 4 heteroatoms. The van der Waals surface area contributed by atoms with Gasteiger partial charge < -0.3 is 13.9 Å². The topological polar surface area (TPSA) is 21.3 Å². The van der Waals surface area contributed by atoms with Gasteiger partial charge in [-0.1, -0.05) is 109 Å². The molecule has 3 nitrogen and oxygen atoms in total. The maximum atomic E-state index is 6.59. The van der Waals surface area contributed by atoms with Crippen molar-refractivity contribution in [1.82, 2.24) is 4.57 Å². The SMILES string of the molecule is c1ccc(-n2c3ccccc3c3c(N(c4cc5c6ccccc6oc5c5ccccc45)c4cccc5sc6ccccc6c45)cccc32)cc1. The first-order valence-corrected chi connectivity index (χ1v) is 17.8. The van der Waals surface area contributed by atoms with E-state index < -0.39 is 0 Å². The molecule has 0 aliphatic carbocycles. The van der Waals surface area contributed by atoms with Crippen LogP contribution in [0, 0.1) is 0 Å². The fraction of sp³-hybridized carbons (Fsp3) is 0. The Balaban J connectivity index is 1.34. The van der Waals surface area contributed by atoms with E-state index in [1.165, 1.54) is 42.0 Å². The van der Waals surface area contributed by atoms with Crippen LogP contribution in [0.2, 0.25) is 0 Å². The second-order valence-electron chi connectivity index (χ2n) is 12.9. The lowest BCUT2D eigenvalue weighted by Gasteiger charge is -2.29. The predicted octanol–water partition coefficient (Wildman–Crippen LogP) is 13.7. The van der Waals surface area contributed by atoms with E-state index in [9.17, 15) is 0 Å². The molecule has 0 amide bonds. The average Bonchev–Trinajstić information content (AvgIpc) is 3.86. The van der Waals surface area contributed by atoms with Crippen molar-refractivity contribution in [1.29, 1.82) is 0 Å². The molecule has 0 aliphatic heterocycles. The number of furan rings is 1. The summed E-state index contributed by atoms with van der Waals surface area (Å²) in [5.74, 6) is 0. The van der Waals surface area contributed by atoms with Gasteiger partial charge in [-0.2, -0.15) is 0 Å². The average molecular weight is 657 g/mol. The van der Waals surface area contributed by atoms with Crippen LogP contribution >= 0.6 is 11.3 Å². The van der Waals surface area contributed by atoms with Crippen LogP contribution in [0.1, 0.15) is 0 Å². The molecule has 3 aromatic heterocycles. The highest BCUT2D eigenvalue weighted by Gasteiger charge is 2.26. The number of aromatic nitrogens is 1. The van der Waals surface area contributed by atoms with E-state index in [0.29, 0.717) is 0 Å². The third-order valence-electron chi connectivity index (χ3n) is 10.2. The highest BCUT2D eigenvalue weighted by atomic mass is 32.1. The third-order valence-corrected chi connectivity index (χ3v) is 11.3. The molecule has 0 N–H and O–H groups in total. The molecule has 11 aromatic rings. The molecular formula is C46H28N2OS. The maximum absolute atomic E-state index is 6.59. The fourth-order valence-corrected chi connectivity index (χ4v) is 9.21. The van der Waals surface area contributed by atoms with E-state index in [2.05, 4.69) is 173 Å². The summed E-state index contributed by atoms with van der Waals surface area (Å²) >= 11 is 1.85. The smallest absolute Gasteiger partial charge is 0.143 e. The van der Waals surface area contributed by atoms with Crippen molar-refractivity contribution < 1.29 is 4.42 Å². The van der Waals surface area contributed by atoms with Crippen LogP contribution in [0.4, 0.5) is 17.1 Å². The molecule has 0 fully saturated rings. The molecule has 0 saturated heterocycles. The highest BCUT2D eigenvalue weighted by molar-refractivity contribution is 7.26. The molecule has 50 heavy (non-hydrogen) atoms. The lowest BCUT2D eigenvalue weighted by Crippen LogP contribution is -2.11. The van der Waals surface area contributed by atoms with Gasteiger partial charge in [-0.05, 0) is 60.7 Å². The quantitative estimate of drug-likeness (QED) is 0.188. The number of fused-ring (bicyclic) bond motifs is 11. The molecule has 0 radical (unpaired) electrons. The van der Waals surface area contributed by atoms with Crippen molar-refractivity contribution in [3.63, 3.8) is 0 Å². The summed E-state index contributed by atoms with van der Waals surface area (Å²) in [4.78, 5) is 2.52. The number of para-hydroxylation sites is 3. The van der Waals surface area contributed by atoms with Gasteiger partial charge in [-0.3, -0.25) is 0 Å². The van der Waals surface area contributed by atoms with Crippen LogP contribution < -0.4 is 4.90 Å². The number of rotatable bonds is 4. The van der Waals surface area contributed by atoms with Gasteiger partial charge in [-0.15, -0.1) is 11.3 Å². The number of nitrogens with zero attached hydrogens (tertiary/aromatic N) is 2.